The summed E-state index contributed by atoms with van der Waals surface area (Å²) in [6.45, 7) is 3.38. The number of hydrogen-bond acceptors (Lipinski definition) is 2. The highest BCUT2D eigenvalue weighted by molar-refractivity contribution is 9.09. The van der Waals surface area contributed by atoms with Gasteiger partial charge in [-0.1, -0.05) is 15.9 Å². The Hall–Kier alpha value is 0.880. The largest absolute Gasteiger partial charge is 0.316 e. The standard InChI is InChI=1S/C7H17BrN2.BrH/c1-10(2)7-3-5-9-6-4-8;/h9H,3-7H2,1-2H3;1H. The second-order valence-electron chi connectivity index (χ2n) is 2.60. The maximum absolute atomic E-state index is 3.36. The van der Waals surface area contributed by atoms with E-state index < -0.39 is 0 Å². The third kappa shape index (κ3) is 13.8. The first-order valence-corrected chi connectivity index (χ1v) is 4.81. The molecule has 0 aliphatic carbocycles. The predicted octanol–water partition coefficient (Wildman–Crippen LogP) is 1.50. The number of nitrogens with zero attached hydrogens (tertiary/aromatic N) is 1. The second kappa shape index (κ2) is 10.9. The summed E-state index contributed by atoms with van der Waals surface area (Å²) in [5, 5.41) is 4.37. The second-order valence-corrected chi connectivity index (χ2v) is 3.39. The van der Waals surface area contributed by atoms with E-state index in [0.29, 0.717) is 0 Å². The molecule has 70 valence electrons. The highest BCUT2D eigenvalue weighted by Crippen LogP contribution is 1.81. The predicted molar refractivity (Wildman–Crippen MR) is 60.2 cm³/mol. The van der Waals surface area contributed by atoms with Crippen molar-refractivity contribution in [2.24, 2.45) is 0 Å². The molecule has 0 spiro atoms. The van der Waals surface area contributed by atoms with Gasteiger partial charge in [-0.2, -0.15) is 0 Å². The molecule has 0 amide bonds. The molecule has 0 aliphatic heterocycles. The van der Waals surface area contributed by atoms with Crippen molar-refractivity contribution in [2.75, 3.05) is 39.1 Å². The first-order chi connectivity index (χ1) is 4.77. The van der Waals surface area contributed by atoms with E-state index in [9.17, 15) is 0 Å². The lowest BCUT2D eigenvalue weighted by Gasteiger charge is -2.08. The monoisotopic (exact) mass is 288 g/mol. The molecule has 0 saturated heterocycles. The molecule has 0 saturated carbocycles. The Morgan fingerprint density at radius 1 is 1.27 bits per heavy atom. The van der Waals surface area contributed by atoms with E-state index in [1.807, 2.05) is 0 Å². The lowest BCUT2D eigenvalue weighted by Crippen LogP contribution is -2.22. The van der Waals surface area contributed by atoms with Gasteiger partial charge in [0.25, 0.3) is 0 Å². The molecule has 11 heavy (non-hydrogen) atoms. The van der Waals surface area contributed by atoms with Crippen molar-refractivity contribution >= 4 is 32.9 Å². The average Bonchev–Trinajstić information content (AvgIpc) is 1.87. The fourth-order valence-electron chi connectivity index (χ4n) is 0.712. The molecule has 0 aromatic carbocycles. The maximum atomic E-state index is 3.36. The Labute approximate surface area is 88.6 Å². The van der Waals surface area contributed by atoms with E-state index in [1.54, 1.807) is 0 Å². The van der Waals surface area contributed by atoms with Crippen LogP contribution in [0.15, 0.2) is 0 Å². The third-order valence-corrected chi connectivity index (χ3v) is 1.63. The minimum atomic E-state index is 0. The van der Waals surface area contributed by atoms with Crippen LogP contribution in [0.5, 0.6) is 0 Å². The molecule has 0 atom stereocenters. The molecule has 0 aromatic heterocycles. The summed E-state index contributed by atoms with van der Waals surface area (Å²) in [6, 6.07) is 0. The van der Waals surface area contributed by atoms with E-state index in [4.69, 9.17) is 0 Å². The van der Waals surface area contributed by atoms with E-state index >= 15 is 0 Å². The summed E-state index contributed by atoms with van der Waals surface area (Å²) in [5.41, 5.74) is 0. The summed E-state index contributed by atoms with van der Waals surface area (Å²) in [7, 11) is 4.20. The van der Waals surface area contributed by atoms with Crippen LogP contribution >= 0.6 is 32.9 Å². The van der Waals surface area contributed by atoms with Crippen LogP contribution in [0.1, 0.15) is 6.42 Å². The number of halogens is 2. The van der Waals surface area contributed by atoms with Gasteiger partial charge >= 0.3 is 0 Å². The fourth-order valence-corrected chi connectivity index (χ4v) is 0.992. The topological polar surface area (TPSA) is 15.3 Å². The van der Waals surface area contributed by atoms with Crippen LogP contribution in [0.25, 0.3) is 0 Å². The van der Waals surface area contributed by atoms with Crippen LogP contribution in [0.2, 0.25) is 0 Å². The summed E-state index contributed by atoms with van der Waals surface area (Å²) >= 11 is 3.36. The van der Waals surface area contributed by atoms with Gasteiger partial charge in [0, 0.05) is 11.9 Å². The van der Waals surface area contributed by atoms with Gasteiger partial charge in [-0.05, 0) is 33.6 Å². The zero-order valence-electron chi connectivity index (χ0n) is 7.27. The van der Waals surface area contributed by atoms with Gasteiger partial charge in [-0.15, -0.1) is 17.0 Å². The molecule has 2 nitrogen and oxygen atoms in total. The molecule has 0 radical (unpaired) electrons. The summed E-state index contributed by atoms with van der Waals surface area (Å²) in [5.74, 6) is 0. The van der Waals surface area contributed by atoms with Crippen molar-refractivity contribution in [3.63, 3.8) is 0 Å². The Bertz CT molecular complexity index is 69.5. The quantitative estimate of drug-likeness (QED) is 0.589. The van der Waals surface area contributed by atoms with Crippen molar-refractivity contribution in [1.82, 2.24) is 10.2 Å². The molecular formula is C7H18Br2N2. The number of hydrogen-bond donors (Lipinski definition) is 1. The van der Waals surface area contributed by atoms with E-state index in [-0.39, 0.29) is 17.0 Å². The molecule has 0 aliphatic rings. The highest BCUT2D eigenvalue weighted by atomic mass is 79.9. The van der Waals surface area contributed by atoms with Gasteiger partial charge < -0.3 is 10.2 Å². The summed E-state index contributed by atoms with van der Waals surface area (Å²) in [4.78, 5) is 2.20. The van der Waals surface area contributed by atoms with Crippen LogP contribution in [0, 0.1) is 0 Å². The van der Waals surface area contributed by atoms with Crippen LogP contribution in [-0.4, -0.2) is 44.0 Å². The molecule has 1 N–H and O–H groups in total. The molecule has 0 fully saturated rings. The van der Waals surface area contributed by atoms with Crippen molar-refractivity contribution < 1.29 is 0 Å². The SMILES string of the molecule is Br.CN(C)CCCNCCBr. The van der Waals surface area contributed by atoms with Crippen molar-refractivity contribution in [3.8, 4) is 0 Å². The first-order valence-electron chi connectivity index (χ1n) is 3.69. The van der Waals surface area contributed by atoms with Crippen molar-refractivity contribution in [2.45, 2.75) is 6.42 Å². The first kappa shape index (κ1) is 14.4. The summed E-state index contributed by atoms with van der Waals surface area (Å²) < 4.78 is 0. The maximum Gasteiger partial charge on any atom is 0.0157 e. The molecule has 0 rings (SSSR count). The molecule has 0 heterocycles. The molecule has 4 heteroatoms. The number of rotatable bonds is 6. The normalized spacial score (nSPS) is 9.82. The van der Waals surface area contributed by atoms with E-state index in [1.165, 1.54) is 13.0 Å². The van der Waals surface area contributed by atoms with Crippen LogP contribution in [0.4, 0.5) is 0 Å². The van der Waals surface area contributed by atoms with Gasteiger partial charge in [0.15, 0.2) is 0 Å². The summed E-state index contributed by atoms with van der Waals surface area (Å²) in [6.07, 6.45) is 1.24. The van der Waals surface area contributed by atoms with Crippen molar-refractivity contribution in [3.05, 3.63) is 0 Å². The van der Waals surface area contributed by atoms with Crippen LogP contribution in [-0.2, 0) is 0 Å². The smallest absolute Gasteiger partial charge is 0.0157 e. The van der Waals surface area contributed by atoms with Gasteiger partial charge in [0.2, 0.25) is 0 Å². The Balaban J connectivity index is 0. The molecular weight excluding hydrogens is 272 g/mol. The Morgan fingerprint density at radius 2 is 1.91 bits per heavy atom. The van der Waals surface area contributed by atoms with Gasteiger partial charge in [-0.3, -0.25) is 0 Å². The minimum absolute atomic E-state index is 0. The number of alkyl halides is 1. The van der Waals surface area contributed by atoms with Crippen LogP contribution in [0.3, 0.4) is 0 Å². The lowest BCUT2D eigenvalue weighted by molar-refractivity contribution is 0.396. The van der Waals surface area contributed by atoms with Gasteiger partial charge in [0.1, 0.15) is 0 Å². The molecule has 0 unspecified atom stereocenters. The third-order valence-electron chi connectivity index (χ3n) is 1.23. The average molecular weight is 290 g/mol. The van der Waals surface area contributed by atoms with Gasteiger partial charge in [-0.25, -0.2) is 0 Å². The van der Waals surface area contributed by atoms with Crippen LogP contribution < -0.4 is 5.32 Å². The zero-order chi connectivity index (χ0) is 7.82. The number of nitrogens with one attached hydrogen (secondary N) is 1. The Kier molecular flexibility index (Phi) is 14.2. The molecule has 0 bridgehead atoms. The van der Waals surface area contributed by atoms with E-state index in [2.05, 4.69) is 40.2 Å². The minimum Gasteiger partial charge on any atom is -0.316 e. The van der Waals surface area contributed by atoms with Gasteiger partial charge in [0.05, 0.1) is 0 Å². The highest BCUT2D eigenvalue weighted by Gasteiger charge is 1.88. The van der Waals surface area contributed by atoms with Crippen molar-refractivity contribution in [1.29, 1.82) is 0 Å². The van der Waals surface area contributed by atoms with E-state index in [0.717, 1.165) is 18.4 Å². The Morgan fingerprint density at radius 3 is 2.36 bits per heavy atom. The molecule has 0 aromatic rings. The zero-order valence-corrected chi connectivity index (χ0v) is 10.6. The fraction of sp³-hybridized carbons (Fsp3) is 1.00. The lowest BCUT2D eigenvalue weighted by atomic mass is 10.4.